The van der Waals surface area contributed by atoms with Crippen LogP contribution in [0.2, 0.25) is 0 Å². The van der Waals surface area contributed by atoms with E-state index in [4.69, 9.17) is 0 Å². The lowest BCUT2D eigenvalue weighted by molar-refractivity contribution is 0.602. The van der Waals surface area contributed by atoms with E-state index in [1.165, 1.54) is 6.26 Å². The van der Waals surface area contributed by atoms with Crippen LogP contribution in [0.15, 0.2) is 35.2 Å². The summed E-state index contributed by atoms with van der Waals surface area (Å²) in [6.45, 7) is 4.95. The van der Waals surface area contributed by atoms with Crippen molar-refractivity contribution in [2.24, 2.45) is 0 Å². The molecule has 0 spiro atoms. The Morgan fingerprint density at radius 1 is 1.21 bits per heavy atom. The molecule has 0 unspecified atom stereocenters. The Morgan fingerprint density at radius 3 is 2.32 bits per heavy atom. The van der Waals surface area contributed by atoms with Crippen molar-refractivity contribution in [1.29, 1.82) is 0 Å². The van der Waals surface area contributed by atoms with Crippen LogP contribution in [0.5, 0.6) is 0 Å². The maximum atomic E-state index is 11.4. The van der Waals surface area contributed by atoms with E-state index in [0.29, 0.717) is 4.90 Å². The zero-order valence-electron chi connectivity index (χ0n) is 11.4. The average Bonchev–Trinajstić information content (AvgIpc) is 2.69. The van der Waals surface area contributed by atoms with Gasteiger partial charge in [-0.2, -0.15) is 5.10 Å². The Morgan fingerprint density at radius 2 is 1.84 bits per heavy atom. The number of aromatic nitrogens is 2. The molecule has 0 atom stereocenters. The van der Waals surface area contributed by atoms with Crippen molar-refractivity contribution in [3.05, 3.63) is 47.3 Å². The molecule has 2 rings (SSSR count). The highest BCUT2D eigenvalue weighted by molar-refractivity contribution is 7.90. The molecule has 5 heteroatoms. The highest BCUT2D eigenvalue weighted by atomic mass is 32.2. The van der Waals surface area contributed by atoms with E-state index < -0.39 is 9.84 Å². The Kier molecular flexibility index (Phi) is 3.75. The summed E-state index contributed by atoms with van der Waals surface area (Å²) >= 11 is 0. The van der Waals surface area contributed by atoms with Gasteiger partial charge in [0.2, 0.25) is 0 Å². The van der Waals surface area contributed by atoms with Gasteiger partial charge in [-0.3, -0.25) is 4.68 Å². The highest BCUT2D eigenvalue weighted by Crippen LogP contribution is 2.14. The number of hydrogen-bond acceptors (Lipinski definition) is 3. The molecular weight excluding hydrogens is 260 g/mol. The van der Waals surface area contributed by atoms with Crippen LogP contribution in [0.4, 0.5) is 0 Å². The molecular formula is C14H18N2O2S. The summed E-state index contributed by atoms with van der Waals surface area (Å²) in [5.41, 5.74) is 3.21. The molecule has 0 aliphatic heterocycles. The van der Waals surface area contributed by atoms with Crippen molar-refractivity contribution in [3.63, 3.8) is 0 Å². The molecule has 2 aromatic rings. The molecule has 0 saturated carbocycles. The third-order valence-electron chi connectivity index (χ3n) is 3.07. The van der Waals surface area contributed by atoms with E-state index in [0.717, 1.165) is 29.9 Å². The van der Waals surface area contributed by atoms with Crippen LogP contribution in [-0.2, 0) is 22.8 Å². The second-order valence-electron chi connectivity index (χ2n) is 4.69. The standard InChI is InChI=1S/C14H18N2O2S/c1-4-16-11(2)9-13(15-16)10-12-5-7-14(8-6-12)19(3,17)18/h5-9H,4,10H2,1-3H3. The summed E-state index contributed by atoms with van der Waals surface area (Å²) in [5, 5.41) is 4.49. The maximum Gasteiger partial charge on any atom is 0.175 e. The molecule has 0 amide bonds. The molecule has 1 heterocycles. The SMILES string of the molecule is CCn1nc(Cc2ccc(S(C)(=O)=O)cc2)cc1C. The van der Waals surface area contributed by atoms with E-state index in [-0.39, 0.29) is 0 Å². The van der Waals surface area contributed by atoms with Crippen LogP contribution in [0.25, 0.3) is 0 Å². The van der Waals surface area contributed by atoms with Gasteiger partial charge in [0.1, 0.15) is 0 Å². The van der Waals surface area contributed by atoms with Gasteiger partial charge in [-0.05, 0) is 37.6 Å². The fourth-order valence-corrected chi connectivity index (χ4v) is 2.68. The largest absolute Gasteiger partial charge is 0.270 e. The molecule has 19 heavy (non-hydrogen) atoms. The highest BCUT2D eigenvalue weighted by Gasteiger charge is 2.08. The summed E-state index contributed by atoms with van der Waals surface area (Å²) in [4.78, 5) is 0.353. The third-order valence-corrected chi connectivity index (χ3v) is 4.20. The number of hydrogen-bond donors (Lipinski definition) is 0. The summed E-state index contributed by atoms with van der Waals surface area (Å²) in [6.07, 6.45) is 1.94. The van der Waals surface area contributed by atoms with Crippen molar-refractivity contribution in [2.45, 2.75) is 31.7 Å². The lowest BCUT2D eigenvalue weighted by Crippen LogP contribution is -2.00. The van der Waals surface area contributed by atoms with Crippen molar-refractivity contribution in [3.8, 4) is 0 Å². The molecule has 0 fully saturated rings. The fraction of sp³-hybridized carbons (Fsp3) is 0.357. The predicted octanol–water partition coefficient (Wildman–Crippen LogP) is 2.21. The van der Waals surface area contributed by atoms with E-state index in [2.05, 4.69) is 18.1 Å². The molecule has 1 aromatic heterocycles. The molecule has 0 saturated heterocycles. The first kappa shape index (κ1) is 13.8. The van der Waals surface area contributed by atoms with Gasteiger partial charge in [0.15, 0.2) is 9.84 Å². The van der Waals surface area contributed by atoms with Crippen LogP contribution in [0.1, 0.15) is 23.9 Å². The average molecular weight is 278 g/mol. The van der Waals surface area contributed by atoms with Crippen LogP contribution in [0, 0.1) is 6.92 Å². The summed E-state index contributed by atoms with van der Waals surface area (Å²) < 4.78 is 24.7. The van der Waals surface area contributed by atoms with E-state index in [1.807, 2.05) is 23.7 Å². The second-order valence-corrected chi connectivity index (χ2v) is 6.70. The molecule has 0 radical (unpaired) electrons. The van der Waals surface area contributed by atoms with Crippen molar-refractivity contribution in [2.75, 3.05) is 6.26 Å². The maximum absolute atomic E-state index is 11.4. The topological polar surface area (TPSA) is 52.0 Å². The predicted molar refractivity (Wildman–Crippen MR) is 75.0 cm³/mol. The summed E-state index contributed by atoms with van der Waals surface area (Å²) in [6, 6.07) is 9.05. The Balaban J connectivity index is 2.19. The van der Waals surface area contributed by atoms with Crippen molar-refractivity contribution >= 4 is 9.84 Å². The lowest BCUT2D eigenvalue weighted by atomic mass is 10.1. The first-order valence-electron chi connectivity index (χ1n) is 6.22. The second kappa shape index (κ2) is 5.17. The van der Waals surface area contributed by atoms with Gasteiger partial charge in [0.25, 0.3) is 0 Å². The lowest BCUT2D eigenvalue weighted by Gasteiger charge is -2.01. The first-order valence-corrected chi connectivity index (χ1v) is 8.11. The molecule has 0 N–H and O–H groups in total. The Hall–Kier alpha value is -1.62. The van der Waals surface area contributed by atoms with E-state index in [1.54, 1.807) is 12.1 Å². The number of rotatable bonds is 4. The zero-order valence-corrected chi connectivity index (χ0v) is 12.2. The summed E-state index contributed by atoms with van der Waals surface area (Å²) in [7, 11) is -3.12. The molecule has 1 aromatic carbocycles. The minimum atomic E-state index is -3.12. The van der Waals surface area contributed by atoms with Crippen LogP contribution in [0.3, 0.4) is 0 Å². The van der Waals surface area contributed by atoms with Gasteiger partial charge in [-0.15, -0.1) is 0 Å². The van der Waals surface area contributed by atoms with E-state index in [9.17, 15) is 8.42 Å². The normalized spacial score (nSPS) is 11.7. The number of aryl methyl sites for hydroxylation is 2. The van der Waals surface area contributed by atoms with Gasteiger partial charge in [0, 0.05) is 24.9 Å². The molecule has 0 aliphatic carbocycles. The Labute approximate surface area is 114 Å². The Bertz CT molecular complexity index is 670. The zero-order chi connectivity index (χ0) is 14.0. The molecule has 0 aliphatic rings. The minimum Gasteiger partial charge on any atom is -0.270 e. The van der Waals surface area contributed by atoms with Crippen LogP contribution < -0.4 is 0 Å². The number of benzene rings is 1. The van der Waals surface area contributed by atoms with Crippen LogP contribution >= 0.6 is 0 Å². The van der Waals surface area contributed by atoms with Gasteiger partial charge >= 0.3 is 0 Å². The number of nitrogens with zero attached hydrogens (tertiary/aromatic N) is 2. The quantitative estimate of drug-likeness (QED) is 0.861. The number of sulfone groups is 1. The van der Waals surface area contributed by atoms with Crippen LogP contribution in [-0.4, -0.2) is 24.5 Å². The fourth-order valence-electron chi connectivity index (χ4n) is 2.05. The molecule has 0 bridgehead atoms. The summed E-state index contributed by atoms with van der Waals surface area (Å²) in [5.74, 6) is 0. The van der Waals surface area contributed by atoms with Gasteiger partial charge in [-0.1, -0.05) is 12.1 Å². The monoisotopic (exact) mass is 278 g/mol. The molecule has 102 valence electrons. The van der Waals surface area contributed by atoms with Gasteiger partial charge < -0.3 is 0 Å². The van der Waals surface area contributed by atoms with Crippen molar-refractivity contribution < 1.29 is 8.42 Å². The smallest absolute Gasteiger partial charge is 0.175 e. The van der Waals surface area contributed by atoms with Gasteiger partial charge in [0.05, 0.1) is 10.6 Å². The molecule has 4 nitrogen and oxygen atoms in total. The van der Waals surface area contributed by atoms with Gasteiger partial charge in [-0.25, -0.2) is 8.42 Å². The van der Waals surface area contributed by atoms with Crippen molar-refractivity contribution in [1.82, 2.24) is 9.78 Å². The van der Waals surface area contributed by atoms with E-state index >= 15 is 0 Å². The first-order chi connectivity index (χ1) is 8.90. The minimum absolute atomic E-state index is 0.353. The third kappa shape index (κ3) is 3.23.